The van der Waals surface area contributed by atoms with Crippen molar-refractivity contribution in [1.29, 1.82) is 0 Å². The van der Waals surface area contributed by atoms with Crippen LogP contribution >= 0.6 is 22.7 Å². The Balaban J connectivity index is 2.54. The maximum absolute atomic E-state index is 12.1. The zero-order chi connectivity index (χ0) is 14.2. The molecule has 0 radical (unpaired) electrons. The van der Waals surface area contributed by atoms with Gasteiger partial charge in [0, 0.05) is 21.4 Å². The van der Waals surface area contributed by atoms with Crippen molar-refractivity contribution < 1.29 is 4.79 Å². The predicted octanol–water partition coefficient (Wildman–Crippen LogP) is 3.69. The molecule has 0 unspecified atom stereocenters. The molecule has 2 aromatic heterocycles. The van der Waals surface area contributed by atoms with E-state index in [4.69, 9.17) is 0 Å². The van der Waals surface area contributed by atoms with E-state index in [-0.39, 0.29) is 5.91 Å². The van der Waals surface area contributed by atoms with Gasteiger partial charge in [0.05, 0.1) is 0 Å². The van der Waals surface area contributed by atoms with E-state index < -0.39 is 5.41 Å². The molecule has 1 amide bonds. The Kier molecular flexibility index (Phi) is 3.78. The van der Waals surface area contributed by atoms with Crippen LogP contribution in [0.5, 0.6) is 0 Å². The molecule has 0 bridgehead atoms. The number of carbonyl (C=O) groups excluding carboxylic acids is 1. The minimum absolute atomic E-state index is 0.0867. The summed E-state index contributed by atoms with van der Waals surface area (Å²) in [7, 11) is 0. The van der Waals surface area contributed by atoms with E-state index in [2.05, 4.69) is 24.0 Å². The molecule has 0 aliphatic rings. The third-order valence-corrected chi connectivity index (χ3v) is 4.47. The molecular weight excluding hydrogens is 276 g/mol. The third-order valence-electron chi connectivity index (χ3n) is 2.57. The molecule has 3 nitrogen and oxygen atoms in total. The van der Waals surface area contributed by atoms with Crippen molar-refractivity contribution in [2.75, 3.05) is 0 Å². The van der Waals surface area contributed by atoms with Gasteiger partial charge in [-0.2, -0.15) is 4.99 Å². The summed E-state index contributed by atoms with van der Waals surface area (Å²) in [6.45, 7) is 9.77. The van der Waals surface area contributed by atoms with Gasteiger partial charge >= 0.3 is 0 Å². The highest BCUT2D eigenvalue weighted by atomic mass is 32.1. The first-order valence-electron chi connectivity index (χ1n) is 6.12. The molecular formula is C14H18N2OS2. The number of rotatable bonds is 1. The number of hydrogen-bond donors (Lipinski definition) is 0. The molecule has 0 aromatic carbocycles. The average molecular weight is 294 g/mol. The fourth-order valence-corrected chi connectivity index (χ4v) is 3.22. The van der Waals surface area contributed by atoms with Gasteiger partial charge in [-0.15, -0.1) is 22.7 Å². The highest BCUT2D eigenvalue weighted by molar-refractivity contribution is 7.14. The van der Waals surface area contributed by atoms with E-state index in [1.165, 1.54) is 4.88 Å². The van der Waals surface area contributed by atoms with Gasteiger partial charge in [0.25, 0.3) is 5.91 Å². The molecule has 0 spiro atoms. The molecule has 19 heavy (non-hydrogen) atoms. The third kappa shape index (κ3) is 3.22. The first kappa shape index (κ1) is 14.2. The lowest BCUT2D eigenvalue weighted by Gasteiger charge is -2.11. The number of hydrogen-bond acceptors (Lipinski definition) is 3. The second kappa shape index (κ2) is 5.06. The summed E-state index contributed by atoms with van der Waals surface area (Å²) in [5.74, 6) is -0.0867. The minimum atomic E-state index is -0.443. The topological polar surface area (TPSA) is 34.4 Å². The minimum Gasteiger partial charge on any atom is -0.283 e. The molecule has 0 saturated heterocycles. The number of aromatic nitrogens is 1. The van der Waals surface area contributed by atoms with Crippen LogP contribution < -0.4 is 4.80 Å². The summed E-state index contributed by atoms with van der Waals surface area (Å²) >= 11 is 3.25. The van der Waals surface area contributed by atoms with Gasteiger partial charge in [0.1, 0.15) is 5.00 Å². The first-order valence-corrected chi connectivity index (χ1v) is 7.76. The van der Waals surface area contributed by atoms with Gasteiger partial charge in [-0.25, -0.2) is 0 Å². The Bertz CT molecular complexity index is 668. The number of amides is 1. The molecule has 2 heterocycles. The maximum atomic E-state index is 12.1. The van der Waals surface area contributed by atoms with Gasteiger partial charge < -0.3 is 0 Å². The SMILES string of the molecule is Cc1ccc(-n2cc(C)sc2=NC(=O)C(C)(C)C)s1. The van der Waals surface area contributed by atoms with Gasteiger partial charge in [0.15, 0.2) is 4.80 Å². The summed E-state index contributed by atoms with van der Waals surface area (Å²) in [6.07, 6.45) is 2.03. The number of thiazole rings is 1. The highest BCUT2D eigenvalue weighted by Crippen LogP contribution is 2.20. The van der Waals surface area contributed by atoms with E-state index in [0.29, 0.717) is 0 Å². The maximum Gasteiger partial charge on any atom is 0.253 e. The lowest BCUT2D eigenvalue weighted by atomic mass is 9.96. The van der Waals surface area contributed by atoms with Crippen molar-refractivity contribution in [2.45, 2.75) is 34.6 Å². The smallest absolute Gasteiger partial charge is 0.253 e. The molecule has 0 atom stereocenters. The fraction of sp³-hybridized carbons (Fsp3) is 0.429. The Hall–Kier alpha value is -1.20. The van der Waals surface area contributed by atoms with Crippen LogP contribution in [0.15, 0.2) is 23.3 Å². The van der Waals surface area contributed by atoms with Crippen LogP contribution in [0, 0.1) is 19.3 Å². The predicted molar refractivity (Wildman–Crippen MR) is 81.0 cm³/mol. The lowest BCUT2D eigenvalue weighted by Crippen LogP contribution is -2.22. The molecule has 0 fully saturated rings. The van der Waals surface area contributed by atoms with Gasteiger partial charge in [0.2, 0.25) is 0 Å². The first-order chi connectivity index (χ1) is 8.77. The Morgan fingerprint density at radius 2 is 1.84 bits per heavy atom. The molecule has 5 heteroatoms. The Labute approximate surface area is 121 Å². The molecule has 0 aliphatic heterocycles. The van der Waals surface area contributed by atoms with Crippen molar-refractivity contribution in [3.8, 4) is 5.00 Å². The van der Waals surface area contributed by atoms with Gasteiger partial charge in [-0.3, -0.25) is 9.36 Å². The number of aryl methyl sites for hydroxylation is 2. The largest absolute Gasteiger partial charge is 0.283 e. The van der Waals surface area contributed by atoms with Gasteiger partial charge in [-0.1, -0.05) is 20.8 Å². The van der Waals surface area contributed by atoms with Crippen LogP contribution in [-0.4, -0.2) is 10.5 Å². The Morgan fingerprint density at radius 3 is 2.37 bits per heavy atom. The fourth-order valence-electron chi connectivity index (χ4n) is 1.50. The van der Waals surface area contributed by atoms with Crippen molar-refractivity contribution in [1.82, 2.24) is 4.57 Å². The summed E-state index contributed by atoms with van der Waals surface area (Å²) in [6, 6.07) is 4.14. The quantitative estimate of drug-likeness (QED) is 0.790. The molecule has 0 N–H and O–H groups in total. The normalized spacial score (nSPS) is 13.0. The average Bonchev–Trinajstić information content (AvgIpc) is 2.83. The van der Waals surface area contributed by atoms with Crippen LogP contribution in [0.4, 0.5) is 0 Å². The molecule has 0 saturated carbocycles. The summed E-state index contributed by atoms with van der Waals surface area (Å²) in [4.78, 5) is 19.5. The van der Waals surface area contributed by atoms with E-state index in [9.17, 15) is 4.79 Å². The summed E-state index contributed by atoms with van der Waals surface area (Å²) in [5.41, 5.74) is -0.443. The van der Waals surface area contributed by atoms with Crippen molar-refractivity contribution in [3.05, 3.63) is 32.9 Å². The van der Waals surface area contributed by atoms with E-state index in [1.807, 2.05) is 38.5 Å². The molecule has 2 aromatic rings. The summed E-state index contributed by atoms with van der Waals surface area (Å²) in [5, 5.41) is 1.10. The second-order valence-electron chi connectivity index (χ2n) is 5.55. The number of nitrogens with zero attached hydrogens (tertiary/aromatic N) is 2. The monoisotopic (exact) mass is 294 g/mol. The Morgan fingerprint density at radius 1 is 1.16 bits per heavy atom. The van der Waals surface area contributed by atoms with Crippen LogP contribution in [0.2, 0.25) is 0 Å². The van der Waals surface area contributed by atoms with E-state index >= 15 is 0 Å². The van der Waals surface area contributed by atoms with Crippen molar-refractivity contribution in [2.24, 2.45) is 10.4 Å². The van der Waals surface area contributed by atoms with Crippen molar-refractivity contribution >= 4 is 28.6 Å². The van der Waals surface area contributed by atoms with Crippen LogP contribution in [0.25, 0.3) is 5.00 Å². The zero-order valence-corrected chi connectivity index (χ0v) is 13.5. The number of carbonyl (C=O) groups is 1. The second-order valence-corrected chi connectivity index (χ2v) is 8.03. The molecule has 102 valence electrons. The van der Waals surface area contributed by atoms with Crippen LogP contribution in [0.1, 0.15) is 30.5 Å². The van der Waals surface area contributed by atoms with Crippen molar-refractivity contribution in [3.63, 3.8) is 0 Å². The van der Waals surface area contributed by atoms with Crippen LogP contribution in [-0.2, 0) is 4.79 Å². The highest BCUT2D eigenvalue weighted by Gasteiger charge is 2.21. The standard InChI is InChI=1S/C14H18N2OS2/c1-9-6-7-11(18-9)16-8-10(2)19-13(16)15-12(17)14(3,4)5/h6-8H,1-5H3. The summed E-state index contributed by atoms with van der Waals surface area (Å²) < 4.78 is 2.00. The molecule has 0 aliphatic carbocycles. The molecule has 2 rings (SSSR count). The lowest BCUT2D eigenvalue weighted by molar-refractivity contribution is -0.125. The zero-order valence-electron chi connectivity index (χ0n) is 11.9. The van der Waals surface area contributed by atoms with E-state index in [0.717, 1.165) is 14.7 Å². The van der Waals surface area contributed by atoms with E-state index in [1.54, 1.807) is 22.7 Å². The van der Waals surface area contributed by atoms with Gasteiger partial charge in [-0.05, 0) is 26.0 Å². The number of thiophene rings is 1. The van der Waals surface area contributed by atoms with Crippen LogP contribution in [0.3, 0.4) is 0 Å².